The molecule has 0 aliphatic carbocycles. The van der Waals surface area contributed by atoms with Crippen molar-refractivity contribution >= 4 is 18.3 Å². The van der Waals surface area contributed by atoms with Crippen LogP contribution in [0.3, 0.4) is 0 Å². The predicted molar refractivity (Wildman–Crippen MR) is 71.8 cm³/mol. The number of amides is 1. The van der Waals surface area contributed by atoms with E-state index in [0.29, 0.717) is 26.2 Å². The van der Waals surface area contributed by atoms with E-state index in [1.165, 1.54) is 0 Å². The summed E-state index contributed by atoms with van der Waals surface area (Å²) in [5.41, 5.74) is 0. The van der Waals surface area contributed by atoms with E-state index < -0.39 is 0 Å². The Balaban J connectivity index is 0.00000289. The zero-order valence-corrected chi connectivity index (χ0v) is 11.4. The largest absolute Gasteiger partial charge is 0.383 e. The highest BCUT2D eigenvalue weighted by atomic mass is 35.5. The Morgan fingerprint density at radius 3 is 2.94 bits per heavy atom. The lowest BCUT2D eigenvalue weighted by Gasteiger charge is -2.06. The zero-order valence-electron chi connectivity index (χ0n) is 10.6. The zero-order chi connectivity index (χ0) is 12.3. The summed E-state index contributed by atoms with van der Waals surface area (Å²) in [6.07, 6.45) is 4.54. The fraction of sp³-hybridized carbons (Fsp3) is 0.636. The van der Waals surface area contributed by atoms with Crippen molar-refractivity contribution in [1.82, 2.24) is 20.4 Å². The quantitative estimate of drug-likeness (QED) is 0.626. The molecule has 1 rings (SSSR count). The number of halogens is 1. The number of nitrogens with one attached hydrogen (secondary N) is 2. The number of hydrogen-bond acceptors (Lipinski definition) is 4. The molecule has 0 unspecified atom stereocenters. The molecule has 0 aromatic carbocycles. The summed E-state index contributed by atoms with van der Waals surface area (Å²) in [5.74, 6) is 0.0153. The summed E-state index contributed by atoms with van der Waals surface area (Å²) < 4.78 is 6.71. The van der Waals surface area contributed by atoms with Gasteiger partial charge in [-0.2, -0.15) is 5.10 Å². The number of carbonyl (C=O) groups is 1. The Kier molecular flexibility index (Phi) is 10.3. The number of ether oxygens (including phenoxy) is 1. The average Bonchev–Trinajstić information content (AvgIpc) is 2.83. The van der Waals surface area contributed by atoms with Gasteiger partial charge in [0.25, 0.3) is 0 Å². The molecule has 0 fully saturated rings. The summed E-state index contributed by atoms with van der Waals surface area (Å²) in [7, 11) is 1.64. The molecule has 1 aromatic heterocycles. The molecule has 1 aromatic rings. The van der Waals surface area contributed by atoms with E-state index >= 15 is 0 Å². The molecule has 0 atom stereocenters. The van der Waals surface area contributed by atoms with Gasteiger partial charge in [-0.3, -0.25) is 9.48 Å². The van der Waals surface area contributed by atoms with Gasteiger partial charge in [0, 0.05) is 39.1 Å². The lowest BCUT2D eigenvalue weighted by Crippen LogP contribution is -2.35. The van der Waals surface area contributed by atoms with Crippen molar-refractivity contribution in [2.75, 3.05) is 33.4 Å². The molecule has 1 heterocycles. The van der Waals surface area contributed by atoms with Crippen LogP contribution < -0.4 is 10.6 Å². The molecule has 0 aliphatic rings. The van der Waals surface area contributed by atoms with Gasteiger partial charge in [0.1, 0.15) is 0 Å². The molecule has 0 aliphatic heterocycles. The third-order valence-corrected chi connectivity index (χ3v) is 2.21. The molecular formula is C11H21ClN4O2. The van der Waals surface area contributed by atoms with Gasteiger partial charge < -0.3 is 15.4 Å². The van der Waals surface area contributed by atoms with Crippen LogP contribution in [0.25, 0.3) is 0 Å². The van der Waals surface area contributed by atoms with Gasteiger partial charge >= 0.3 is 0 Å². The second kappa shape index (κ2) is 11.0. The molecule has 7 heteroatoms. The van der Waals surface area contributed by atoms with Crippen molar-refractivity contribution in [1.29, 1.82) is 0 Å². The van der Waals surface area contributed by atoms with E-state index in [0.717, 1.165) is 13.0 Å². The van der Waals surface area contributed by atoms with Crippen molar-refractivity contribution in [3.8, 4) is 0 Å². The number of hydrogen-bond donors (Lipinski definition) is 2. The fourth-order valence-electron chi connectivity index (χ4n) is 1.34. The molecule has 0 spiro atoms. The fourth-order valence-corrected chi connectivity index (χ4v) is 1.34. The first-order chi connectivity index (χ1) is 8.33. The first-order valence-corrected chi connectivity index (χ1v) is 5.76. The maximum Gasteiger partial charge on any atom is 0.233 e. The number of nitrogens with zero attached hydrogens (tertiary/aromatic N) is 2. The molecule has 0 bridgehead atoms. The van der Waals surface area contributed by atoms with Gasteiger partial charge in [-0.25, -0.2) is 0 Å². The third kappa shape index (κ3) is 8.05. The Bertz CT molecular complexity index is 306. The molecule has 0 saturated heterocycles. The van der Waals surface area contributed by atoms with Crippen LogP contribution in [-0.2, 0) is 16.1 Å². The molecule has 1 amide bonds. The summed E-state index contributed by atoms with van der Waals surface area (Å²) in [6, 6.07) is 1.89. The summed E-state index contributed by atoms with van der Waals surface area (Å²) in [6.45, 7) is 3.14. The monoisotopic (exact) mass is 276 g/mol. The molecule has 18 heavy (non-hydrogen) atoms. The second-order valence-corrected chi connectivity index (χ2v) is 3.64. The number of methoxy groups -OCH3 is 1. The molecule has 0 saturated carbocycles. The molecular weight excluding hydrogens is 256 g/mol. The van der Waals surface area contributed by atoms with Crippen molar-refractivity contribution in [3.63, 3.8) is 0 Å². The second-order valence-electron chi connectivity index (χ2n) is 3.64. The van der Waals surface area contributed by atoms with Crippen LogP contribution >= 0.6 is 12.4 Å². The van der Waals surface area contributed by atoms with Gasteiger partial charge in [-0.1, -0.05) is 0 Å². The number of rotatable bonds is 9. The van der Waals surface area contributed by atoms with Crippen molar-refractivity contribution in [2.24, 2.45) is 0 Å². The van der Waals surface area contributed by atoms with E-state index in [2.05, 4.69) is 15.7 Å². The van der Waals surface area contributed by atoms with Gasteiger partial charge in [-0.15, -0.1) is 12.4 Å². The highest BCUT2D eigenvalue weighted by molar-refractivity contribution is 5.85. The first-order valence-electron chi connectivity index (χ1n) is 5.76. The van der Waals surface area contributed by atoms with Crippen molar-refractivity contribution < 1.29 is 9.53 Å². The van der Waals surface area contributed by atoms with E-state index in [4.69, 9.17) is 4.74 Å². The SMILES string of the molecule is COCCNCC(=O)NCCCn1cccn1.Cl. The van der Waals surface area contributed by atoms with Crippen LogP contribution in [0.5, 0.6) is 0 Å². The molecule has 6 nitrogen and oxygen atoms in total. The Hall–Kier alpha value is -1.11. The summed E-state index contributed by atoms with van der Waals surface area (Å²) >= 11 is 0. The smallest absolute Gasteiger partial charge is 0.233 e. The standard InChI is InChI=1S/C11H20N4O2.ClH/c1-17-9-6-12-10-11(16)13-4-2-7-15-8-3-5-14-15;/h3,5,8,12H,2,4,6-7,9-10H2,1H3,(H,13,16);1H. The minimum Gasteiger partial charge on any atom is -0.383 e. The number of aromatic nitrogens is 2. The average molecular weight is 277 g/mol. The van der Waals surface area contributed by atoms with Gasteiger partial charge in [0.15, 0.2) is 0 Å². The highest BCUT2D eigenvalue weighted by Crippen LogP contribution is 1.87. The van der Waals surface area contributed by atoms with Gasteiger partial charge in [0.05, 0.1) is 13.2 Å². The normalized spacial score (nSPS) is 9.83. The lowest BCUT2D eigenvalue weighted by molar-refractivity contribution is -0.120. The minimum absolute atomic E-state index is 0. The van der Waals surface area contributed by atoms with Crippen molar-refractivity contribution in [3.05, 3.63) is 18.5 Å². The molecule has 104 valence electrons. The number of aryl methyl sites for hydroxylation is 1. The van der Waals surface area contributed by atoms with Gasteiger partial charge in [0.2, 0.25) is 5.91 Å². The minimum atomic E-state index is 0. The Labute approximate surface area is 113 Å². The van der Waals surface area contributed by atoms with Crippen LogP contribution in [0.1, 0.15) is 6.42 Å². The van der Waals surface area contributed by atoms with E-state index in [9.17, 15) is 4.79 Å². The number of carbonyl (C=O) groups excluding carboxylic acids is 1. The predicted octanol–water partition coefficient (Wildman–Crippen LogP) is 0.0472. The van der Waals surface area contributed by atoms with Gasteiger partial charge in [-0.05, 0) is 12.5 Å². The van der Waals surface area contributed by atoms with Crippen LogP contribution in [0.15, 0.2) is 18.5 Å². The maximum absolute atomic E-state index is 11.3. The van der Waals surface area contributed by atoms with Crippen molar-refractivity contribution in [2.45, 2.75) is 13.0 Å². The highest BCUT2D eigenvalue weighted by Gasteiger charge is 1.99. The maximum atomic E-state index is 11.3. The van der Waals surface area contributed by atoms with Crippen LogP contribution in [0.2, 0.25) is 0 Å². The lowest BCUT2D eigenvalue weighted by atomic mass is 10.4. The van der Waals surface area contributed by atoms with E-state index in [-0.39, 0.29) is 18.3 Å². The Morgan fingerprint density at radius 1 is 1.44 bits per heavy atom. The first kappa shape index (κ1) is 16.9. The van der Waals surface area contributed by atoms with Crippen LogP contribution in [0.4, 0.5) is 0 Å². The summed E-state index contributed by atoms with van der Waals surface area (Å²) in [4.78, 5) is 11.3. The van der Waals surface area contributed by atoms with Crippen LogP contribution in [-0.4, -0.2) is 49.0 Å². The summed E-state index contributed by atoms with van der Waals surface area (Å²) in [5, 5.41) is 9.91. The topological polar surface area (TPSA) is 68.2 Å². The molecule has 0 radical (unpaired) electrons. The molecule has 2 N–H and O–H groups in total. The third-order valence-electron chi connectivity index (χ3n) is 2.21. The van der Waals surface area contributed by atoms with Crippen LogP contribution in [0, 0.1) is 0 Å². The Morgan fingerprint density at radius 2 is 2.28 bits per heavy atom. The van der Waals surface area contributed by atoms with E-state index in [1.54, 1.807) is 13.3 Å². The van der Waals surface area contributed by atoms with E-state index in [1.807, 2.05) is 16.9 Å².